The Labute approximate surface area is 223 Å². The molecule has 7 N–H and O–H groups in total. The number of aliphatic carboxylic acids is 1. The standard InChI is InChI=1S/C27H40N6O5/c1-5-17(4)23(33-24(34)20(28)12-18-9-7-6-8-10-18)26(36)31-21(11-16(2)3)25(35)32-22(27(37)38)13-19-14-29-15-30-19/h6-10,14-17,20-23H,5,11-13,28H2,1-4H3,(H,29,30)(H,31,36)(H,32,35)(H,33,34)(H,37,38). The van der Waals surface area contributed by atoms with E-state index in [0.29, 0.717) is 18.5 Å². The Morgan fingerprint density at radius 1 is 0.947 bits per heavy atom. The van der Waals surface area contributed by atoms with E-state index >= 15 is 0 Å². The molecule has 11 heteroatoms. The maximum atomic E-state index is 13.4. The van der Waals surface area contributed by atoms with Gasteiger partial charge in [0.2, 0.25) is 17.7 Å². The second-order valence-corrected chi connectivity index (χ2v) is 10.0. The zero-order valence-electron chi connectivity index (χ0n) is 22.4. The summed E-state index contributed by atoms with van der Waals surface area (Å²) in [6.45, 7) is 7.51. The lowest BCUT2D eigenvalue weighted by atomic mass is 9.96. The molecule has 38 heavy (non-hydrogen) atoms. The van der Waals surface area contributed by atoms with Crippen LogP contribution < -0.4 is 21.7 Å². The topological polar surface area (TPSA) is 179 Å². The quantitative estimate of drug-likeness (QED) is 0.201. The first-order valence-electron chi connectivity index (χ1n) is 12.9. The fraction of sp³-hybridized carbons (Fsp3) is 0.519. The summed E-state index contributed by atoms with van der Waals surface area (Å²) in [4.78, 5) is 57.8. The molecule has 2 aromatic rings. The number of hydrogen-bond donors (Lipinski definition) is 6. The number of aromatic amines is 1. The molecule has 1 aromatic heterocycles. The van der Waals surface area contributed by atoms with Crippen molar-refractivity contribution < 1.29 is 24.3 Å². The number of carboxylic acids is 1. The molecular formula is C27H40N6O5. The monoisotopic (exact) mass is 528 g/mol. The van der Waals surface area contributed by atoms with Gasteiger partial charge in [-0.2, -0.15) is 0 Å². The Morgan fingerprint density at radius 3 is 2.16 bits per heavy atom. The van der Waals surface area contributed by atoms with Crippen LogP contribution in [0, 0.1) is 11.8 Å². The minimum Gasteiger partial charge on any atom is -0.480 e. The predicted octanol–water partition coefficient (Wildman–Crippen LogP) is 1.15. The largest absolute Gasteiger partial charge is 0.480 e. The van der Waals surface area contributed by atoms with Gasteiger partial charge in [-0.3, -0.25) is 14.4 Å². The van der Waals surface area contributed by atoms with Crippen molar-refractivity contribution in [2.45, 2.75) is 77.5 Å². The maximum absolute atomic E-state index is 13.4. The summed E-state index contributed by atoms with van der Waals surface area (Å²) in [6.07, 6.45) is 4.10. The van der Waals surface area contributed by atoms with Crippen LogP contribution >= 0.6 is 0 Å². The molecule has 5 atom stereocenters. The van der Waals surface area contributed by atoms with Gasteiger partial charge in [-0.15, -0.1) is 0 Å². The third-order valence-electron chi connectivity index (χ3n) is 6.36. The molecule has 0 fully saturated rings. The third kappa shape index (κ3) is 9.62. The summed E-state index contributed by atoms with van der Waals surface area (Å²) in [5, 5.41) is 17.6. The maximum Gasteiger partial charge on any atom is 0.326 e. The highest BCUT2D eigenvalue weighted by Gasteiger charge is 2.33. The van der Waals surface area contributed by atoms with E-state index in [1.807, 2.05) is 58.0 Å². The number of carbonyl (C=O) groups excluding carboxylic acids is 3. The molecule has 0 aliphatic carbocycles. The van der Waals surface area contributed by atoms with Gasteiger partial charge in [-0.1, -0.05) is 64.4 Å². The SMILES string of the molecule is CCC(C)C(NC(=O)C(N)Cc1ccccc1)C(=O)NC(CC(C)C)C(=O)NC(Cc1cnc[nH]1)C(=O)O. The summed E-state index contributed by atoms with van der Waals surface area (Å²) < 4.78 is 0. The molecule has 0 saturated carbocycles. The third-order valence-corrected chi connectivity index (χ3v) is 6.36. The number of nitrogens with one attached hydrogen (secondary N) is 4. The number of rotatable bonds is 15. The van der Waals surface area contributed by atoms with Gasteiger partial charge < -0.3 is 31.8 Å². The lowest BCUT2D eigenvalue weighted by molar-refractivity contribution is -0.142. The Hall–Kier alpha value is -3.73. The first-order valence-corrected chi connectivity index (χ1v) is 12.9. The fourth-order valence-corrected chi connectivity index (χ4v) is 3.98. The number of imidazole rings is 1. The molecule has 0 bridgehead atoms. The second-order valence-electron chi connectivity index (χ2n) is 10.0. The number of amides is 3. The van der Waals surface area contributed by atoms with Gasteiger partial charge in [0.05, 0.1) is 12.4 Å². The van der Waals surface area contributed by atoms with Crippen molar-refractivity contribution >= 4 is 23.7 Å². The lowest BCUT2D eigenvalue weighted by Gasteiger charge is -2.28. The molecule has 11 nitrogen and oxygen atoms in total. The van der Waals surface area contributed by atoms with Gasteiger partial charge in [0.1, 0.15) is 18.1 Å². The van der Waals surface area contributed by atoms with Crippen LogP contribution in [0.25, 0.3) is 0 Å². The van der Waals surface area contributed by atoms with Crippen molar-refractivity contribution in [2.24, 2.45) is 17.6 Å². The normalized spacial score (nSPS) is 15.1. The highest BCUT2D eigenvalue weighted by Crippen LogP contribution is 2.12. The molecule has 0 aliphatic rings. The number of H-pyrrole nitrogens is 1. The number of nitrogens with two attached hydrogens (primary N) is 1. The van der Waals surface area contributed by atoms with Crippen LogP contribution in [-0.2, 0) is 32.0 Å². The number of benzene rings is 1. The van der Waals surface area contributed by atoms with E-state index in [-0.39, 0.29) is 24.7 Å². The van der Waals surface area contributed by atoms with Crippen LogP contribution in [0.2, 0.25) is 0 Å². The molecule has 0 spiro atoms. The minimum absolute atomic E-state index is 0.00821. The zero-order valence-corrected chi connectivity index (χ0v) is 22.4. The summed E-state index contributed by atoms with van der Waals surface area (Å²) in [7, 11) is 0. The van der Waals surface area contributed by atoms with Crippen LogP contribution in [0.1, 0.15) is 51.8 Å². The van der Waals surface area contributed by atoms with Crippen LogP contribution in [0.5, 0.6) is 0 Å². The highest BCUT2D eigenvalue weighted by atomic mass is 16.4. The minimum atomic E-state index is -1.21. The number of aromatic nitrogens is 2. The molecule has 3 amide bonds. The van der Waals surface area contributed by atoms with Crippen LogP contribution in [0.3, 0.4) is 0 Å². The zero-order chi connectivity index (χ0) is 28.2. The molecule has 0 radical (unpaired) electrons. The lowest BCUT2D eigenvalue weighted by Crippen LogP contribution is -2.59. The first kappa shape index (κ1) is 30.5. The first-order chi connectivity index (χ1) is 18.0. The van der Waals surface area contributed by atoms with Crippen molar-refractivity contribution in [1.82, 2.24) is 25.9 Å². The van der Waals surface area contributed by atoms with Crippen molar-refractivity contribution in [3.05, 3.63) is 54.1 Å². The number of carbonyl (C=O) groups is 4. The Kier molecular flexibility index (Phi) is 11.9. The van der Waals surface area contributed by atoms with E-state index in [1.54, 1.807) is 0 Å². The van der Waals surface area contributed by atoms with E-state index < -0.39 is 47.9 Å². The van der Waals surface area contributed by atoms with E-state index in [1.165, 1.54) is 12.5 Å². The molecule has 2 rings (SSSR count). The van der Waals surface area contributed by atoms with Gasteiger partial charge in [0, 0.05) is 18.3 Å². The van der Waals surface area contributed by atoms with Crippen molar-refractivity contribution in [2.75, 3.05) is 0 Å². The van der Waals surface area contributed by atoms with E-state index in [9.17, 15) is 24.3 Å². The van der Waals surface area contributed by atoms with Gasteiger partial charge in [-0.05, 0) is 30.2 Å². The summed E-state index contributed by atoms with van der Waals surface area (Å²) in [5.74, 6) is -3.03. The van der Waals surface area contributed by atoms with Gasteiger partial charge in [-0.25, -0.2) is 9.78 Å². The average Bonchev–Trinajstić information content (AvgIpc) is 3.39. The van der Waals surface area contributed by atoms with Crippen molar-refractivity contribution in [3.8, 4) is 0 Å². The van der Waals surface area contributed by atoms with Gasteiger partial charge >= 0.3 is 5.97 Å². The second kappa shape index (κ2) is 14.9. The van der Waals surface area contributed by atoms with Crippen LogP contribution in [-0.4, -0.2) is 62.9 Å². The molecule has 0 aliphatic heterocycles. The van der Waals surface area contributed by atoms with Crippen LogP contribution in [0.15, 0.2) is 42.9 Å². The predicted molar refractivity (Wildman–Crippen MR) is 143 cm³/mol. The van der Waals surface area contributed by atoms with E-state index in [4.69, 9.17) is 5.73 Å². The van der Waals surface area contributed by atoms with Crippen LogP contribution in [0.4, 0.5) is 0 Å². The molecule has 1 heterocycles. The smallest absolute Gasteiger partial charge is 0.326 e. The number of carboxylic acid groups (broad SMARTS) is 1. The van der Waals surface area contributed by atoms with E-state index in [0.717, 1.165) is 5.56 Å². The summed E-state index contributed by atoms with van der Waals surface area (Å²) >= 11 is 0. The van der Waals surface area contributed by atoms with E-state index in [2.05, 4.69) is 25.9 Å². The average molecular weight is 529 g/mol. The molecular weight excluding hydrogens is 488 g/mol. The Morgan fingerprint density at radius 2 is 1.61 bits per heavy atom. The van der Waals surface area contributed by atoms with Gasteiger partial charge in [0.25, 0.3) is 0 Å². The van der Waals surface area contributed by atoms with Gasteiger partial charge in [0.15, 0.2) is 0 Å². The Bertz CT molecular complexity index is 1040. The molecule has 1 aromatic carbocycles. The highest BCUT2D eigenvalue weighted by molar-refractivity contribution is 5.94. The summed E-state index contributed by atoms with van der Waals surface area (Å²) in [6, 6.07) is 5.36. The number of nitrogens with zero attached hydrogens (tertiary/aromatic N) is 1. The summed E-state index contributed by atoms with van der Waals surface area (Å²) in [5.41, 5.74) is 7.57. The molecule has 5 unspecified atom stereocenters. The molecule has 208 valence electrons. The molecule has 0 saturated heterocycles. The van der Waals surface area contributed by atoms with Crippen molar-refractivity contribution in [3.63, 3.8) is 0 Å². The fourth-order valence-electron chi connectivity index (χ4n) is 3.98. The Balaban J connectivity index is 2.12. The van der Waals surface area contributed by atoms with Crippen molar-refractivity contribution in [1.29, 1.82) is 0 Å². The number of hydrogen-bond acceptors (Lipinski definition) is 6.